The van der Waals surface area contributed by atoms with Gasteiger partial charge in [-0.2, -0.15) is 0 Å². The number of hydrogen-bond donors (Lipinski definition) is 1. The van der Waals surface area contributed by atoms with E-state index < -0.39 is 12.6 Å². The molecule has 0 aliphatic carbocycles. The van der Waals surface area contributed by atoms with Gasteiger partial charge in [-0.1, -0.05) is 32.6 Å². The van der Waals surface area contributed by atoms with Gasteiger partial charge in [0.2, 0.25) is 0 Å². The van der Waals surface area contributed by atoms with Crippen LogP contribution in [0.25, 0.3) is 0 Å². The van der Waals surface area contributed by atoms with Crippen LogP contribution in [0.4, 0.5) is 0 Å². The number of aliphatic hydroxyl groups excluding tert-OH is 1. The minimum atomic E-state index is -0.523. The van der Waals surface area contributed by atoms with E-state index in [1.807, 2.05) is 0 Å². The van der Waals surface area contributed by atoms with Crippen molar-refractivity contribution in [1.82, 2.24) is 0 Å². The summed E-state index contributed by atoms with van der Waals surface area (Å²) in [5, 5.41) is 8.30. The number of hydrogen-bond acceptors (Lipinski definition) is 3. The highest BCUT2D eigenvalue weighted by atomic mass is 16.5. The Balaban J connectivity index is 2.95. The standard InChI is InChI=1S/C9H18O3/c1-2-3-4-5-6-7-12-9(11)8-10/h10H,2-8H2,1H3. The molecular formula is C9H18O3. The summed E-state index contributed by atoms with van der Waals surface area (Å²) in [6.07, 6.45) is 5.68. The van der Waals surface area contributed by atoms with Crippen LogP contribution in [-0.2, 0) is 9.53 Å². The molecule has 0 amide bonds. The fourth-order valence-electron chi connectivity index (χ4n) is 0.937. The second kappa shape index (κ2) is 8.53. The van der Waals surface area contributed by atoms with Crippen LogP contribution in [0.5, 0.6) is 0 Å². The van der Waals surface area contributed by atoms with Gasteiger partial charge >= 0.3 is 5.97 Å². The Morgan fingerprint density at radius 1 is 1.25 bits per heavy atom. The number of esters is 1. The molecule has 0 heterocycles. The third kappa shape index (κ3) is 7.54. The molecule has 0 aliphatic heterocycles. The van der Waals surface area contributed by atoms with E-state index in [4.69, 9.17) is 5.11 Å². The first-order valence-electron chi connectivity index (χ1n) is 4.57. The molecular weight excluding hydrogens is 156 g/mol. The summed E-state index contributed by atoms with van der Waals surface area (Å²) in [6.45, 7) is 2.10. The summed E-state index contributed by atoms with van der Waals surface area (Å²) in [5.41, 5.74) is 0. The Labute approximate surface area is 73.7 Å². The molecule has 3 nitrogen and oxygen atoms in total. The molecule has 0 aromatic heterocycles. The van der Waals surface area contributed by atoms with Gasteiger partial charge in [0.1, 0.15) is 6.61 Å². The summed E-state index contributed by atoms with van der Waals surface area (Å²) >= 11 is 0. The van der Waals surface area contributed by atoms with Gasteiger partial charge in [-0.25, -0.2) is 4.79 Å². The van der Waals surface area contributed by atoms with Crippen LogP contribution in [0, 0.1) is 0 Å². The highest BCUT2D eigenvalue weighted by Crippen LogP contribution is 2.02. The van der Waals surface area contributed by atoms with Crippen molar-refractivity contribution in [1.29, 1.82) is 0 Å². The molecule has 0 aliphatic rings. The Bertz CT molecular complexity index is 112. The van der Waals surface area contributed by atoms with Crippen molar-refractivity contribution in [3.8, 4) is 0 Å². The van der Waals surface area contributed by atoms with Crippen LogP contribution in [0.15, 0.2) is 0 Å². The summed E-state index contributed by atoms with van der Waals surface area (Å²) in [4.78, 5) is 10.4. The van der Waals surface area contributed by atoms with Gasteiger partial charge in [0.05, 0.1) is 6.61 Å². The molecule has 0 rings (SSSR count). The maximum Gasteiger partial charge on any atom is 0.331 e. The molecule has 0 aromatic carbocycles. The average molecular weight is 174 g/mol. The molecule has 0 saturated carbocycles. The minimum Gasteiger partial charge on any atom is -0.464 e. The summed E-state index contributed by atoms with van der Waals surface area (Å²) in [7, 11) is 0. The van der Waals surface area contributed by atoms with Gasteiger partial charge < -0.3 is 9.84 Å². The van der Waals surface area contributed by atoms with Crippen LogP contribution in [0.3, 0.4) is 0 Å². The van der Waals surface area contributed by atoms with E-state index in [9.17, 15) is 4.79 Å². The molecule has 3 heteroatoms. The number of ether oxygens (including phenoxy) is 1. The zero-order valence-electron chi connectivity index (χ0n) is 7.71. The molecule has 0 aromatic rings. The van der Waals surface area contributed by atoms with Crippen molar-refractivity contribution in [3.63, 3.8) is 0 Å². The first kappa shape index (κ1) is 11.4. The molecule has 1 N–H and O–H groups in total. The van der Waals surface area contributed by atoms with E-state index >= 15 is 0 Å². The van der Waals surface area contributed by atoms with Gasteiger partial charge in [-0.3, -0.25) is 0 Å². The number of carbonyl (C=O) groups excluding carboxylic acids is 1. The second-order valence-corrected chi connectivity index (χ2v) is 2.79. The Morgan fingerprint density at radius 2 is 1.92 bits per heavy atom. The van der Waals surface area contributed by atoms with Crippen molar-refractivity contribution in [3.05, 3.63) is 0 Å². The Hall–Kier alpha value is -0.570. The monoisotopic (exact) mass is 174 g/mol. The number of aliphatic hydroxyl groups is 1. The molecule has 0 spiro atoms. The first-order valence-corrected chi connectivity index (χ1v) is 4.57. The molecule has 12 heavy (non-hydrogen) atoms. The topological polar surface area (TPSA) is 46.5 Å². The van der Waals surface area contributed by atoms with E-state index in [1.165, 1.54) is 19.3 Å². The van der Waals surface area contributed by atoms with Crippen LogP contribution in [0.2, 0.25) is 0 Å². The van der Waals surface area contributed by atoms with Crippen molar-refractivity contribution < 1.29 is 14.6 Å². The number of carbonyl (C=O) groups is 1. The Kier molecular flexibility index (Phi) is 8.12. The van der Waals surface area contributed by atoms with Crippen molar-refractivity contribution in [2.45, 2.75) is 39.0 Å². The highest BCUT2D eigenvalue weighted by Gasteiger charge is 1.97. The summed E-state index contributed by atoms with van der Waals surface area (Å²) < 4.78 is 4.68. The molecule has 0 radical (unpaired) electrons. The summed E-state index contributed by atoms with van der Waals surface area (Å²) in [5.74, 6) is -0.523. The van der Waals surface area contributed by atoms with E-state index in [1.54, 1.807) is 0 Å². The zero-order valence-corrected chi connectivity index (χ0v) is 7.71. The minimum absolute atomic E-state index is 0.448. The number of unbranched alkanes of at least 4 members (excludes halogenated alkanes) is 4. The van der Waals surface area contributed by atoms with Crippen molar-refractivity contribution >= 4 is 5.97 Å². The largest absolute Gasteiger partial charge is 0.464 e. The average Bonchev–Trinajstić information content (AvgIpc) is 2.10. The van der Waals surface area contributed by atoms with Gasteiger partial charge in [0, 0.05) is 0 Å². The lowest BCUT2D eigenvalue weighted by Gasteiger charge is -2.01. The lowest BCUT2D eigenvalue weighted by Crippen LogP contribution is -2.09. The van der Waals surface area contributed by atoms with Crippen LogP contribution in [-0.4, -0.2) is 24.3 Å². The van der Waals surface area contributed by atoms with E-state index in [-0.39, 0.29) is 0 Å². The van der Waals surface area contributed by atoms with Crippen molar-refractivity contribution in [2.24, 2.45) is 0 Å². The Morgan fingerprint density at radius 3 is 2.50 bits per heavy atom. The van der Waals surface area contributed by atoms with Gasteiger partial charge in [0.25, 0.3) is 0 Å². The molecule has 0 atom stereocenters. The smallest absolute Gasteiger partial charge is 0.331 e. The first-order chi connectivity index (χ1) is 5.81. The van der Waals surface area contributed by atoms with Crippen LogP contribution in [0.1, 0.15) is 39.0 Å². The van der Waals surface area contributed by atoms with Crippen LogP contribution < -0.4 is 0 Å². The zero-order chi connectivity index (χ0) is 9.23. The predicted molar refractivity (Wildman–Crippen MR) is 46.8 cm³/mol. The normalized spacial score (nSPS) is 9.83. The van der Waals surface area contributed by atoms with Crippen molar-refractivity contribution in [2.75, 3.05) is 13.2 Å². The van der Waals surface area contributed by atoms with Crippen LogP contribution >= 0.6 is 0 Å². The fourth-order valence-corrected chi connectivity index (χ4v) is 0.937. The lowest BCUT2D eigenvalue weighted by molar-refractivity contribution is -0.147. The molecule has 0 fully saturated rings. The third-order valence-electron chi connectivity index (χ3n) is 1.64. The maximum absolute atomic E-state index is 10.4. The maximum atomic E-state index is 10.4. The summed E-state index contributed by atoms with van der Waals surface area (Å²) in [6, 6.07) is 0. The quantitative estimate of drug-likeness (QED) is 0.470. The highest BCUT2D eigenvalue weighted by molar-refractivity contribution is 5.70. The SMILES string of the molecule is CCCCCCCOC(=O)CO. The van der Waals surface area contributed by atoms with E-state index in [0.29, 0.717) is 6.61 Å². The molecule has 0 saturated heterocycles. The second-order valence-electron chi connectivity index (χ2n) is 2.79. The van der Waals surface area contributed by atoms with Gasteiger partial charge in [-0.05, 0) is 6.42 Å². The third-order valence-corrected chi connectivity index (χ3v) is 1.64. The molecule has 0 unspecified atom stereocenters. The molecule has 0 bridgehead atoms. The van der Waals surface area contributed by atoms with Gasteiger partial charge in [0.15, 0.2) is 0 Å². The lowest BCUT2D eigenvalue weighted by atomic mass is 10.2. The van der Waals surface area contributed by atoms with E-state index in [2.05, 4.69) is 11.7 Å². The van der Waals surface area contributed by atoms with Gasteiger partial charge in [-0.15, -0.1) is 0 Å². The van der Waals surface area contributed by atoms with E-state index in [0.717, 1.165) is 12.8 Å². The fraction of sp³-hybridized carbons (Fsp3) is 0.889. The molecule has 72 valence electrons. The number of rotatable bonds is 7. The predicted octanol–water partition coefficient (Wildman–Crippen LogP) is 1.49.